The Morgan fingerprint density at radius 2 is 2.15 bits per heavy atom. The van der Waals surface area contributed by atoms with Crippen molar-refractivity contribution in [3.63, 3.8) is 0 Å². The quantitative estimate of drug-likeness (QED) is 0.503. The van der Waals surface area contributed by atoms with Gasteiger partial charge >= 0.3 is 0 Å². The Balaban J connectivity index is 0.000000653. The highest BCUT2D eigenvalue weighted by atomic mass is 16.0. The van der Waals surface area contributed by atoms with E-state index in [0.29, 0.717) is 0 Å². The van der Waals surface area contributed by atoms with E-state index in [1.54, 1.807) is 0 Å². The van der Waals surface area contributed by atoms with Gasteiger partial charge < -0.3 is 5.48 Å². The number of hydrogen-bond donors (Lipinski definition) is 1. The van der Waals surface area contributed by atoms with E-state index in [4.69, 9.17) is 0 Å². The van der Waals surface area contributed by atoms with Crippen LogP contribution >= 0.6 is 0 Å². The second kappa shape index (κ2) is 2.67. The van der Waals surface area contributed by atoms with Gasteiger partial charge in [0, 0.05) is 17.1 Å². The van der Waals surface area contributed by atoms with Crippen molar-refractivity contribution in [1.82, 2.24) is 10.3 Å². The highest BCUT2D eigenvalue weighted by Gasteiger charge is 2.24. The molecular formula is C9H9N3O. The average molecular weight is 175 g/mol. The normalized spacial score (nSPS) is 11.7. The molecule has 2 heterocycles. The Kier molecular flexibility index (Phi) is 1.63. The number of nitrogens with zero attached hydrogens (tertiary/aromatic N) is 2. The van der Waals surface area contributed by atoms with E-state index >= 15 is 0 Å². The maximum absolute atomic E-state index is 3.98. The molecule has 0 atom stereocenters. The standard InChI is InChI=1S/C9H7N3.H2O/c1-2-4-9-7(3-1)5-8-6-10-11-12(8)9;/h1-4,6H,5H2;1H2. The van der Waals surface area contributed by atoms with Gasteiger partial charge in [0.25, 0.3) is 0 Å². The number of H-pyrrole nitrogens is 1. The van der Waals surface area contributed by atoms with Gasteiger partial charge in [0.15, 0.2) is 11.4 Å². The third kappa shape index (κ3) is 0.957. The van der Waals surface area contributed by atoms with Crippen molar-refractivity contribution in [2.45, 2.75) is 6.42 Å². The molecule has 1 aliphatic rings. The van der Waals surface area contributed by atoms with Crippen molar-refractivity contribution in [2.24, 2.45) is 0 Å². The van der Waals surface area contributed by atoms with Crippen LogP contribution < -0.4 is 4.68 Å². The lowest BCUT2D eigenvalue weighted by molar-refractivity contribution is -0.660. The van der Waals surface area contributed by atoms with Gasteiger partial charge in [-0.25, -0.2) is 0 Å². The van der Waals surface area contributed by atoms with Gasteiger partial charge in [0.2, 0.25) is 6.20 Å². The number of hydrogen-bond acceptors (Lipinski definition) is 2. The third-order valence-corrected chi connectivity index (χ3v) is 2.26. The molecule has 1 aliphatic heterocycles. The van der Waals surface area contributed by atoms with Crippen molar-refractivity contribution < 1.29 is 10.2 Å². The Hall–Kier alpha value is -1.68. The van der Waals surface area contributed by atoms with Gasteiger partial charge in [0.05, 0.1) is 0 Å². The number of aromatic nitrogens is 3. The van der Waals surface area contributed by atoms with Crippen molar-refractivity contribution in [3.05, 3.63) is 41.7 Å². The minimum absolute atomic E-state index is 0. The molecule has 0 aliphatic carbocycles. The summed E-state index contributed by atoms with van der Waals surface area (Å²) in [7, 11) is 0. The molecule has 0 unspecified atom stereocenters. The van der Waals surface area contributed by atoms with Crippen molar-refractivity contribution in [3.8, 4) is 5.69 Å². The lowest BCUT2D eigenvalue weighted by Crippen LogP contribution is -2.32. The monoisotopic (exact) mass is 175 g/mol. The largest absolute Gasteiger partial charge is 0.870 e. The maximum atomic E-state index is 3.98. The van der Waals surface area contributed by atoms with Crippen molar-refractivity contribution >= 4 is 0 Å². The first-order chi connectivity index (χ1) is 5.95. The Bertz CT molecular complexity index is 436. The second-order valence-corrected chi connectivity index (χ2v) is 2.99. The van der Waals surface area contributed by atoms with E-state index in [0.717, 1.165) is 6.42 Å². The number of rotatable bonds is 0. The van der Waals surface area contributed by atoms with Gasteiger partial charge in [-0.1, -0.05) is 23.4 Å². The summed E-state index contributed by atoms with van der Waals surface area (Å²) in [6.07, 6.45) is 2.87. The van der Waals surface area contributed by atoms with Crippen LogP contribution in [0.1, 0.15) is 11.3 Å². The first-order valence-electron chi connectivity index (χ1n) is 3.98. The summed E-state index contributed by atoms with van der Waals surface area (Å²) in [6, 6.07) is 8.36. The van der Waals surface area contributed by atoms with E-state index in [1.807, 2.05) is 16.9 Å². The second-order valence-electron chi connectivity index (χ2n) is 2.99. The predicted molar refractivity (Wildman–Crippen MR) is 44.9 cm³/mol. The van der Waals surface area contributed by atoms with Gasteiger partial charge in [-0.15, -0.1) is 4.68 Å². The lowest BCUT2D eigenvalue weighted by Gasteiger charge is -1.91. The zero-order valence-electron chi connectivity index (χ0n) is 6.94. The van der Waals surface area contributed by atoms with Crippen LogP contribution in [0.4, 0.5) is 0 Å². The fourth-order valence-electron chi connectivity index (χ4n) is 1.69. The minimum atomic E-state index is 0. The number of aromatic amines is 1. The topological polar surface area (TPSA) is 62.6 Å². The summed E-state index contributed by atoms with van der Waals surface area (Å²) < 4.78 is 2.02. The molecule has 4 heteroatoms. The smallest absolute Gasteiger partial charge is 0.210 e. The first kappa shape index (κ1) is 7.94. The minimum Gasteiger partial charge on any atom is -0.870 e. The van der Waals surface area contributed by atoms with Crippen molar-refractivity contribution in [2.75, 3.05) is 0 Å². The fraction of sp³-hybridized carbons (Fsp3) is 0.111. The van der Waals surface area contributed by atoms with Crippen LogP contribution in [0.2, 0.25) is 0 Å². The van der Waals surface area contributed by atoms with E-state index in [2.05, 4.69) is 28.5 Å². The molecule has 1 aromatic heterocycles. The van der Waals surface area contributed by atoms with E-state index in [9.17, 15) is 0 Å². The van der Waals surface area contributed by atoms with Crippen LogP contribution in [0.5, 0.6) is 0 Å². The highest BCUT2D eigenvalue weighted by Crippen LogP contribution is 2.17. The summed E-state index contributed by atoms with van der Waals surface area (Å²) in [5.41, 5.74) is 3.83. The predicted octanol–water partition coefficient (Wildman–Crippen LogP) is 0.414. The SMILES string of the molecule is [OH-].c1ccc2c(c1)Cc1cn[nH][n+]1-2. The molecule has 3 rings (SSSR count). The number of benzene rings is 1. The molecule has 0 radical (unpaired) electrons. The molecule has 0 spiro atoms. The van der Waals surface area contributed by atoms with E-state index < -0.39 is 0 Å². The summed E-state index contributed by atoms with van der Waals surface area (Å²) in [4.78, 5) is 0. The summed E-state index contributed by atoms with van der Waals surface area (Å²) in [5.74, 6) is 0. The van der Waals surface area contributed by atoms with Crippen LogP contribution in [0.25, 0.3) is 5.69 Å². The van der Waals surface area contributed by atoms with Crippen LogP contribution in [0, 0.1) is 0 Å². The van der Waals surface area contributed by atoms with Gasteiger partial charge in [0.1, 0.15) is 0 Å². The molecule has 0 bridgehead atoms. The summed E-state index contributed by atoms with van der Waals surface area (Å²) >= 11 is 0. The lowest BCUT2D eigenvalue weighted by atomic mass is 10.1. The summed E-state index contributed by atoms with van der Waals surface area (Å²) in [6.45, 7) is 0. The Morgan fingerprint density at radius 3 is 3.08 bits per heavy atom. The van der Waals surface area contributed by atoms with Crippen LogP contribution in [-0.2, 0) is 6.42 Å². The molecule has 4 nitrogen and oxygen atoms in total. The highest BCUT2D eigenvalue weighted by molar-refractivity contribution is 5.38. The Labute approximate surface area is 75.1 Å². The van der Waals surface area contributed by atoms with Gasteiger partial charge in [-0.3, -0.25) is 0 Å². The fourth-order valence-corrected chi connectivity index (χ4v) is 1.69. The number of nitrogens with one attached hydrogen (secondary N) is 1. The average Bonchev–Trinajstić information content (AvgIpc) is 2.62. The molecule has 2 N–H and O–H groups in total. The zero-order valence-corrected chi connectivity index (χ0v) is 6.94. The first-order valence-corrected chi connectivity index (χ1v) is 3.98. The molecule has 0 saturated carbocycles. The Morgan fingerprint density at radius 1 is 1.31 bits per heavy atom. The van der Waals surface area contributed by atoms with Crippen molar-refractivity contribution in [1.29, 1.82) is 0 Å². The van der Waals surface area contributed by atoms with Gasteiger partial charge in [-0.05, 0) is 6.07 Å². The summed E-state index contributed by atoms with van der Waals surface area (Å²) in [5, 5.41) is 6.92. The molecule has 1 aromatic carbocycles. The van der Waals surface area contributed by atoms with Crippen LogP contribution in [0.15, 0.2) is 30.5 Å². The number of para-hydroxylation sites is 1. The molecule has 13 heavy (non-hydrogen) atoms. The van der Waals surface area contributed by atoms with Crippen LogP contribution in [-0.4, -0.2) is 15.8 Å². The van der Waals surface area contributed by atoms with E-state index in [1.165, 1.54) is 16.9 Å². The zero-order chi connectivity index (χ0) is 7.97. The molecule has 0 amide bonds. The number of fused-ring (bicyclic) bond motifs is 3. The molecule has 0 saturated heterocycles. The molecule has 0 fully saturated rings. The molecule has 66 valence electrons. The van der Waals surface area contributed by atoms with Gasteiger partial charge in [-0.2, -0.15) is 0 Å². The molecule has 2 aromatic rings. The van der Waals surface area contributed by atoms with E-state index in [-0.39, 0.29) is 5.48 Å². The maximum Gasteiger partial charge on any atom is 0.210 e. The third-order valence-electron chi connectivity index (χ3n) is 2.26. The molecular weight excluding hydrogens is 166 g/mol. The van der Waals surface area contributed by atoms with Crippen LogP contribution in [0.3, 0.4) is 0 Å².